The van der Waals surface area contributed by atoms with Crippen molar-refractivity contribution in [2.75, 3.05) is 18.1 Å². The fraction of sp³-hybridized carbons (Fsp3) is 0.357. The molecule has 1 amide bonds. The van der Waals surface area contributed by atoms with Gasteiger partial charge in [-0.1, -0.05) is 24.3 Å². The average molecular weight is 231 g/mol. The first-order valence-electron chi connectivity index (χ1n) is 5.88. The van der Waals surface area contributed by atoms with Gasteiger partial charge in [-0.05, 0) is 18.1 Å². The molecule has 0 spiro atoms. The molecule has 1 aromatic rings. The van der Waals surface area contributed by atoms with Gasteiger partial charge in [-0.2, -0.15) is 0 Å². The summed E-state index contributed by atoms with van der Waals surface area (Å²) >= 11 is 0. The number of aliphatic hydroxyl groups is 1. The fourth-order valence-electron chi connectivity index (χ4n) is 2.23. The molecule has 3 nitrogen and oxygen atoms in total. The van der Waals surface area contributed by atoms with Gasteiger partial charge in [-0.15, -0.1) is 6.58 Å². The Hall–Kier alpha value is -1.61. The molecule has 90 valence electrons. The monoisotopic (exact) mass is 231 g/mol. The highest BCUT2D eigenvalue weighted by molar-refractivity contribution is 5.96. The summed E-state index contributed by atoms with van der Waals surface area (Å²) in [4.78, 5) is 13.7. The molecule has 1 fully saturated rings. The highest BCUT2D eigenvalue weighted by atomic mass is 16.3. The molecule has 1 unspecified atom stereocenters. The van der Waals surface area contributed by atoms with Gasteiger partial charge < -0.3 is 10.0 Å². The van der Waals surface area contributed by atoms with Crippen molar-refractivity contribution in [2.45, 2.75) is 12.8 Å². The lowest BCUT2D eigenvalue weighted by Gasteiger charge is -2.19. The second kappa shape index (κ2) is 5.15. The highest BCUT2D eigenvalue weighted by Crippen LogP contribution is 2.28. The Bertz CT molecular complexity index is 428. The summed E-state index contributed by atoms with van der Waals surface area (Å²) in [5.41, 5.74) is 1.95. The first-order valence-corrected chi connectivity index (χ1v) is 5.88. The Kier molecular flexibility index (Phi) is 3.59. The summed E-state index contributed by atoms with van der Waals surface area (Å²) in [6.07, 6.45) is 2.96. The number of amides is 1. The van der Waals surface area contributed by atoms with Crippen LogP contribution in [0.25, 0.3) is 0 Å². The van der Waals surface area contributed by atoms with E-state index in [1.54, 1.807) is 4.90 Å². The Morgan fingerprint density at radius 1 is 1.47 bits per heavy atom. The fourth-order valence-corrected chi connectivity index (χ4v) is 2.23. The van der Waals surface area contributed by atoms with Gasteiger partial charge in [0, 0.05) is 31.2 Å². The molecule has 0 aliphatic carbocycles. The van der Waals surface area contributed by atoms with E-state index in [1.807, 2.05) is 30.3 Å². The Labute approximate surface area is 101 Å². The van der Waals surface area contributed by atoms with E-state index < -0.39 is 0 Å². The van der Waals surface area contributed by atoms with Gasteiger partial charge in [0.1, 0.15) is 0 Å². The maximum absolute atomic E-state index is 11.9. The van der Waals surface area contributed by atoms with Crippen LogP contribution in [-0.4, -0.2) is 24.2 Å². The van der Waals surface area contributed by atoms with Gasteiger partial charge in [0.15, 0.2) is 0 Å². The number of anilines is 1. The van der Waals surface area contributed by atoms with Crippen LogP contribution in [0.15, 0.2) is 36.9 Å². The van der Waals surface area contributed by atoms with Crippen LogP contribution in [-0.2, 0) is 11.2 Å². The predicted octanol–water partition coefficient (Wildman–Crippen LogP) is 1.76. The second-order valence-electron chi connectivity index (χ2n) is 4.31. The van der Waals surface area contributed by atoms with Crippen LogP contribution in [0.5, 0.6) is 0 Å². The molecular weight excluding hydrogens is 214 g/mol. The van der Waals surface area contributed by atoms with Crippen molar-refractivity contribution in [3.05, 3.63) is 42.5 Å². The normalized spacial score (nSPS) is 19.7. The smallest absolute Gasteiger partial charge is 0.227 e. The minimum Gasteiger partial charge on any atom is -0.396 e. The predicted molar refractivity (Wildman–Crippen MR) is 67.9 cm³/mol. The average Bonchev–Trinajstić information content (AvgIpc) is 2.72. The maximum Gasteiger partial charge on any atom is 0.227 e. The number of hydrogen-bond acceptors (Lipinski definition) is 2. The van der Waals surface area contributed by atoms with Gasteiger partial charge >= 0.3 is 0 Å². The van der Waals surface area contributed by atoms with Gasteiger partial charge in [0.05, 0.1) is 0 Å². The van der Waals surface area contributed by atoms with Crippen LogP contribution in [0, 0.1) is 5.92 Å². The van der Waals surface area contributed by atoms with Gasteiger partial charge in [0.2, 0.25) is 5.91 Å². The van der Waals surface area contributed by atoms with E-state index in [9.17, 15) is 4.79 Å². The Morgan fingerprint density at radius 3 is 2.88 bits per heavy atom. The minimum atomic E-state index is 0.101. The third-order valence-electron chi connectivity index (χ3n) is 3.15. The van der Waals surface area contributed by atoms with Crippen molar-refractivity contribution >= 4 is 11.6 Å². The maximum atomic E-state index is 11.9. The topological polar surface area (TPSA) is 40.5 Å². The van der Waals surface area contributed by atoms with Crippen molar-refractivity contribution in [1.29, 1.82) is 0 Å². The van der Waals surface area contributed by atoms with Crippen LogP contribution < -0.4 is 4.90 Å². The molecule has 1 heterocycles. The van der Waals surface area contributed by atoms with E-state index in [0.29, 0.717) is 19.4 Å². The molecule has 1 atom stereocenters. The van der Waals surface area contributed by atoms with Crippen LogP contribution in [0.4, 0.5) is 5.69 Å². The molecule has 1 saturated heterocycles. The zero-order valence-corrected chi connectivity index (χ0v) is 9.80. The van der Waals surface area contributed by atoms with Crippen molar-refractivity contribution < 1.29 is 9.90 Å². The van der Waals surface area contributed by atoms with Crippen LogP contribution in [0.2, 0.25) is 0 Å². The molecule has 1 N–H and O–H groups in total. The number of hydrogen-bond donors (Lipinski definition) is 1. The van der Waals surface area contributed by atoms with E-state index >= 15 is 0 Å². The number of nitrogens with zero attached hydrogens (tertiary/aromatic N) is 1. The Balaban J connectivity index is 2.27. The van der Waals surface area contributed by atoms with Crippen LogP contribution in [0.1, 0.15) is 12.0 Å². The molecule has 3 heteroatoms. The van der Waals surface area contributed by atoms with Crippen LogP contribution >= 0.6 is 0 Å². The Morgan fingerprint density at radius 2 is 2.24 bits per heavy atom. The molecular formula is C14H17NO2. The number of para-hydroxylation sites is 1. The summed E-state index contributed by atoms with van der Waals surface area (Å²) in [7, 11) is 0. The van der Waals surface area contributed by atoms with E-state index in [-0.39, 0.29) is 18.4 Å². The van der Waals surface area contributed by atoms with E-state index in [0.717, 1.165) is 11.3 Å². The number of carbonyl (C=O) groups excluding carboxylic acids is 1. The van der Waals surface area contributed by atoms with Crippen molar-refractivity contribution in [2.24, 2.45) is 5.92 Å². The highest BCUT2D eigenvalue weighted by Gasteiger charge is 2.29. The lowest BCUT2D eigenvalue weighted by Crippen LogP contribution is -2.25. The molecule has 0 aromatic heterocycles. The minimum absolute atomic E-state index is 0.101. The number of benzene rings is 1. The lowest BCUT2D eigenvalue weighted by atomic mass is 10.1. The van der Waals surface area contributed by atoms with Crippen LogP contribution in [0.3, 0.4) is 0 Å². The first kappa shape index (κ1) is 11.9. The molecule has 1 aliphatic heterocycles. The lowest BCUT2D eigenvalue weighted by molar-refractivity contribution is -0.117. The number of carbonyl (C=O) groups is 1. The molecule has 17 heavy (non-hydrogen) atoms. The SMILES string of the molecule is C=CC1CC(=O)N(c2ccccc2CCO)C1. The van der Waals surface area contributed by atoms with E-state index in [4.69, 9.17) is 5.11 Å². The van der Waals surface area contributed by atoms with E-state index in [1.165, 1.54) is 0 Å². The zero-order valence-electron chi connectivity index (χ0n) is 9.80. The van der Waals surface area contributed by atoms with Crippen molar-refractivity contribution in [3.8, 4) is 0 Å². The number of aliphatic hydroxyl groups excluding tert-OH is 1. The summed E-state index contributed by atoms with van der Waals surface area (Å²) < 4.78 is 0. The first-order chi connectivity index (χ1) is 8.26. The van der Waals surface area contributed by atoms with Gasteiger partial charge in [-0.3, -0.25) is 4.79 Å². The molecule has 0 radical (unpaired) electrons. The van der Waals surface area contributed by atoms with Crippen molar-refractivity contribution in [1.82, 2.24) is 0 Å². The number of rotatable bonds is 4. The van der Waals surface area contributed by atoms with E-state index in [2.05, 4.69) is 6.58 Å². The third kappa shape index (κ3) is 2.39. The van der Waals surface area contributed by atoms with Gasteiger partial charge in [0.25, 0.3) is 0 Å². The van der Waals surface area contributed by atoms with Gasteiger partial charge in [-0.25, -0.2) is 0 Å². The quantitative estimate of drug-likeness (QED) is 0.802. The molecule has 1 aromatic carbocycles. The standard InChI is InChI=1S/C14H17NO2/c1-2-11-9-14(17)15(10-11)13-6-4-3-5-12(13)7-8-16/h2-6,11,16H,1,7-10H2. The summed E-state index contributed by atoms with van der Waals surface area (Å²) in [5, 5.41) is 9.03. The largest absolute Gasteiger partial charge is 0.396 e. The summed E-state index contributed by atoms with van der Waals surface area (Å²) in [5.74, 6) is 0.380. The molecule has 0 saturated carbocycles. The van der Waals surface area contributed by atoms with Crippen molar-refractivity contribution in [3.63, 3.8) is 0 Å². The summed E-state index contributed by atoms with van der Waals surface area (Å²) in [6.45, 7) is 4.55. The zero-order chi connectivity index (χ0) is 12.3. The molecule has 1 aliphatic rings. The summed E-state index contributed by atoms with van der Waals surface area (Å²) in [6, 6.07) is 7.75. The third-order valence-corrected chi connectivity index (χ3v) is 3.15. The molecule has 2 rings (SSSR count). The second-order valence-corrected chi connectivity index (χ2v) is 4.31. The molecule has 0 bridgehead atoms.